The van der Waals surface area contributed by atoms with E-state index >= 15 is 0 Å². The molecule has 0 aromatic carbocycles. The van der Waals surface area contributed by atoms with Gasteiger partial charge in [-0.1, -0.05) is 6.92 Å². The molecule has 0 saturated carbocycles. The molecule has 1 heterocycles. The first-order valence-corrected chi connectivity index (χ1v) is 6.50. The highest BCUT2D eigenvalue weighted by molar-refractivity contribution is 5.94. The smallest absolute Gasteiger partial charge is 0.273 e. The fourth-order valence-corrected chi connectivity index (χ4v) is 1.48. The maximum Gasteiger partial charge on any atom is 0.273 e. The van der Waals surface area contributed by atoms with Crippen LogP contribution >= 0.6 is 0 Å². The van der Waals surface area contributed by atoms with Gasteiger partial charge in [-0.3, -0.25) is 4.79 Å². The summed E-state index contributed by atoms with van der Waals surface area (Å²) < 4.78 is 29.1. The molecule has 0 atom stereocenters. The Morgan fingerprint density at radius 2 is 2.20 bits per heavy atom. The van der Waals surface area contributed by atoms with E-state index in [4.69, 9.17) is 4.74 Å². The van der Waals surface area contributed by atoms with Gasteiger partial charge in [0, 0.05) is 19.3 Å². The molecule has 0 radical (unpaired) electrons. The summed E-state index contributed by atoms with van der Waals surface area (Å²) in [6.45, 7) is 3.24. The number of ether oxygens (including phenoxy) is 1. The summed E-state index contributed by atoms with van der Waals surface area (Å²) in [5, 5.41) is 5.79. The van der Waals surface area contributed by atoms with Gasteiger partial charge in [0.15, 0.2) is 11.4 Å². The van der Waals surface area contributed by atoms with E-state index < -0.39 is 18.9 Å². The zero-order chi connectivity index (χ0) is 14.8. The number of aromatic nitrogens is 1. The SMILES string of the molecule is CCCNCCNC(=O)c1ncccc1OCC(F)F. The van der Waals surface area contributed by atoms with E-state index in [-0.39, 0.29) is 11.4 Å². The van der Waals surface area contributed by atoms with Gasteiger partial charge >= 0.3 is 0 Å². The van der Waals surface area contributed by atoms with Crippen molar-refractivity contribution in [2.45, 2.75) is 19.8 Å². The van der Waals surface area contributed by atoms with Gasteiger partial charge in [0.2, 0.25) is 0 Å². The van der Waals surface area contributed by atoms with Gasteiger partial charge in [-0.15, -0.1) is 0 Å². The summed E-state index contributed by atoms with van der Waals surface area (Å²) in [6, 6.07) is 2.97. The minimum Gasteiger partial charge on any atom is -0.485 e. The maximum absolute atomic E-state index is 12.1. The number of nitrogens with zero attached hydrogens (tertiary/aromatic N) is 1. The van der Waals surface area contributed by atoms with Gasteiger partial charge in [0.1, 0.15) is 6.61 Å². The number of alkyl halides is 2. The highest BCUT2D eigenvalue weighted by Gasteiger charge is 2.14. The monoisotopic (exact) mass is 287 g/mol. The van der Waals surface area contributed by atoms with Crippen molar-refractivity contribution in [1.82, 2.24) is 15.6 Å². The van der Waals surface area contributed by atoms with Crippen LogP contribution in [0.1, 0.15) is 23.8 Å². The largest absolute Gasteiger partial charge is 0.485 e. The van der Waals surface area contributed by atoms with Crippen LogP contribution in [-0.2, 0) is 0 Å². The number of carbonyl (C=O) groups is 1. The molecule has 1 aromatic heterocycles. The molecule has 7 heteroatoms. The van der Waals surface area contributed by atoms with E-state index in [1.807, 2.05) is 6.92 Å². The maximum atomic E-state index is 12.1. The Bertz CT molecular complexity index is 416. The molecule has 20 heavy (non-hydrogen) atoms. The van der Waals surface area contributed by atoms with Crippen molar-refractivity contribution in [1.29, 1.82) is 0 Å². The van der Waals surface area contributed by atoms with Gasteiger partial charge in [-0.25, -0.2) is 13.8 Å². The van der Waals surface area contributed by atoms with Crippen molar-refractivity contribution in [2.75, 3.05) is 26.2 Å². The summed E-state index contributed by atoms with van der Waals surface area (Å²) in [4.78, 5) is 15.7. The molecule has 112 valence electrons. The van der Waals surface area contributed by atoms with Gasteiger partial charge in [-0.05, 0) is 25.1 Å². The van der Waals surface area contributed by atoms with Crippen molar-refractivity contribution in [3.8, 4) is 5.75 Å². The molecule has 0 aliphatic carbocycles. The van der Waals surface area contributed by atoms with Crippen molar-refractivity contribution in [3.63, 3.8) is 0 Å². The van der Waals surface area contributed by atoms with Crippen molar-refractivity contribution in [3.05, 3.63) is 24.0 Å². The lowest BCUT2D eigenvalue weighted by atomic mass is 10.3. The standard InChI is InChI=1S/C13H19F2N3O2/c1-2-5-16-7-8-18-13(19)12-10(4-3-6-17-12)20-9-11(14)15/h3-4,6,11,16H,2,5,7-9H2,1H3,(H,18,19). The summed E-state index contributed by atoms with van der Waals surface area (Å²) in [5.74, 6) is -0.375. The predicted octanol–water partition coefficient (Wildman–Crippen LogP) is 1.45. The third-order valence-electron chi connectivity index (χ3n) is 2.36. The third-order valence-corrected chi connectivity index (χ3v) is 2.36. The van der Waals surface area contributed by atoms with Crippen LogP contribution in [0.2, 0.25) is 0 Å². The summed E-state index contributed by atoms with van der Waals surface area (Å²) in [5.41, 5.74) is 0.0173. The van der Waals surface area contributed by atoms with Crippen LogP contribution in [0.3, 0.4) is 0 Å². The first kappa shape index (κ1) is 16.3. The molecular formula is C13H19F2N3O2. The number of amides is 1. The van der Waals surface area contributed by atoms with Crippen LogP contribution in [0.5, 0.6) is 5.75 Å². The number of hydrogen-bond acceptors (Lipinski definition) is 4. The third kappa shape index (κ3) is 5.92. The Kier molecular flexibility index (Phi) is 7.49. The van der Waals surface area contributed by atoms with E-state index in [1.54, 1.807) is 0 Å². The van der Waals surface area contributed by atoms with Gasteiger partial charge in [0.05, 0.1) is 0 Å². The van der Waals surface area contributed by atoms with Crippen LogP contribution in [-0.4, -0.2) is 43.6 Å². The molecule has 0 saturated heterocycles. The lowest BCUT2D eigenvalue weighted by Gasteiger charge is -2.10. The number of nitrogens with one attached hydrogen (secondary N) is 2. The van der Waals surface area contributed by atoms with Crippen LogP contribution in [0.25, 0.3) is 0 Å². The molecule has 1 amide bonds. The second-order valence-corrected chi connectivity index (χ2v) is 4.06. The Labute approximate surface area is 116 Å². The molecule has 0 spiro atoms. The Balaban J connectivity index is 2.49. The molecule has 0 aliphatic heterocycles. The van der Waals surface area contributed by atoms with E-state index in [2.05, 4.69) is 15.6 Å². The zero-order valence-electron chi connectivity index (χ0n) is 11.4. The molecule has 1 rings (SSSR count). The lowest BCUT2D eigenvalue weighted by molar-refractivity contribution is 0.0791. The molecular weight excluding hydrogens is 268 g/mol. The minimum atomic E-state index is -2.59. The summed E-state index contributed by atoms with van der Waals surface area (Å²) in [6.07, 6.45) is -0.163. The van der Waals surface area contributed by atoms with Crippen molar-refractivity contribution >= 4 is 5.91 Å². The van der Waals surface area contributed by atoms with Crippen LogP contribution < -0.4 is 15.4 Å². The first-order valence-electron chi connectivity index (χ1n) is 6.50. The van der Waals surface area contributed by atoms with Gasteiger partial charge < -0.3 is 15.4 Å². The molecule has 5 nitrogen and oxygen atoms in total. The molecule has 0 bridgehead atoms. The molecule has 1 aromatic rings. The molecule has 0 fully saturated rings. The van der Waals surface area contributed by atoms with E-state index in [0.29, 0.717) is 13.1 Å². The molecule has 2 N–H and O–H groups in total. The lowest BCUT2D eigenvalue weighted by Crippen LogP contribution is -2.32. The zero-order valence-corrected chi connectivity index (χ0v) is 11.4. The fraction of sp³-hybridized carbons (Fsp3) is 0.538. The fourth-order valence-electron chi connectivity index (χ4n) is 1.48. The number of hydrogen-bond donors (Lipinski definition) is 2. The second kappa shape index (κ2) is 9.19. The predicted molar refractivity (Wildman–Crippen MR) is 71.2 cm³/mol. The Morgan fingerprint density at radius 1 is 1.40 bits per heavy atom. The van der Waals surface area contributed by atoms with E-state index in [1.165, 1.54) is 18.3 Å². The summed E-state index contributed by atoms with van der Waals surface area (Å²) in [7, 11) is 0. The van der Waals surface area contributed by atoms with Crippen LogP contribution in [0, 0.1) is 0 Å². The molecule has 0 aliphatic rings. The highest BCUT2D eigenvalue weighted by atomic mass is 19.3. The number of carbonyl (C=O) groups excluding carboxylic acids is 1. The van der Waals surface area contributed by atoms with Crippen molar-refractivity contribution < 1.29 is 18.3 Å². The van der Waals surface area contributed by atoms with Crippen LogP contribution in [0.15, 0.2) is 18.3 Å². The average molecular weight is 287 g/mol. The van der Waals surface area contributed by atoms with E-state index in [0.717, 1.165) is 13.0 Å². The van der Waals surface area contributed by atoms with Gasteiger partial charge in [-0.2, -0.15) is 0 Å². The summed E-state index contributed by atoms with van der Waals surface area (Å²) >= 11 is 0. The normalized spacial score (nSPS) is 10.6. The van der Waals surface area contributed by atoms with Crippen molar-refractivity contribution in [2.24, 2.45) is 0 Å². The number of pyridine rings is 1. The molecule has 0 unspecified atom stereocenters. The number of halogens is 2. The van der Waals surface area contributed by atoms with Gasteiger partial charge in [0.25, 0.3) is 12.3 Å². The topological polar surface area (TPSA) is 63.2 Å². The Morgan fingerprint density at radius 3 is 2.90 bits per heavy atom. The highest BCUT2D eigenvalue weighted by Crippen LogP contribution is 2.15. The quantitative estimate of drug-likeness (QED) is 0.675. The Hall–Kier alpha value is -1.76. The second-order valence-electron chi connectivity index (χ2n) is 4.06. The van der Waals surface area contributed by atoms with Crippen LogP contribution in [0.4, 0.5) is 8.78 Å². The number of rotatable bonds is 9. The minimum absolute atomic E-state index is 0.0173. The first-order chi connectivity index (χ1) is 9.65. The van der Waals surface area contributed by atoms with E-state index in [9.17, 15) is 13.6 Å². The average Bonchev–Trinajstić information content (AvgIpc) is 2.45.